The number of esters is 2. The van der Waals surface area contributed by atoms with Crippen molar-refractivity contribution in [1.29, 1.82) is 0 Å². The van der Waals surface area contributed by atoms with Crippen molar-refractivity contribution in [2.75, 3.05) is 0 Å². The lowest BCUT2D eigenvalue weighted by atomic mass is 9.98. The third-order valence-electron chi connectivity index (χ3n) is 6.42. The predicted molar refractivity (Wildman–Crippen MR) is 135 cm³/mol. The van der Waals surface area contributed by atoms with Crippen LogP contribution in [0.2, 0.25) is 0 Å². The fourth-order valence-corrected chi connectivity index (χ4v) is 3.56. The van der Waals surface area contributed by atoms with Crippen LogP contribution in [0.5, 0.6) is 0 Å². The van der Waals surface area contributed by atoms with E-state index >= 15 is 0 Å². The van der Waals surface area contributed by atoms with Crippen molar-refractivity contribution in [1.82, 2.24) is 0 Å². The molecule has 0 aliphatic heterocycles. The molecule has 3 rings (SSSR count). The van der Waals surface area contributed by atoms with Gasteiger partial charge in [-0.3, -0.25) is 0 Å². The average Bonchev–Trinajstić information content (AvgIpc) is 2.90. The molecule has 0 spiro atoms. The lowest BCUT2D eigenvalue weighted by Crippen LogP contribution is -2.08. The molecule has 0 saturated heterocycles. The Bertz CT molecular complexity index is 978. The first-order valence-corrected chi connectivity index (χ1v) is 12.0. The van der Waals surface area contributed by atoms with E-state index in [9.17, 15) is 9.59 Å². The third kappa shape index (κ3) is 6.80. The van der Waals surface area contributed by atoms with Crippen LogP contribution < -0.4 is 0 Å². The molecule has 0 bridgehead atoms. The van der Waals surface area contributed by atoms with Crippen molar-refractivity contribution in [2.24, 2.45) is 0 Å². The van der Waals surface area contributed by atoms with Gasteiger partial charge >= 0.3 is 11.9 Å². The first-order valence-electron chi connectivity index (χ1n) is 12.0. The summed E-state index contributed by atoms with van der Waals surface area (Å²) in [5.74, 6) is 0.175. The summed E-state index contributed by atoms with van der Waals surface area (Å²) in [5.41, 5.74) is 5.24. The van der Waals surface area contributed by atoms with Crippen molar-refractivity contribution < 1.29 is 19.1 Å². The smallest absolute Gasteiger partial charge is 0.338 e. The van der Waals surface area contributed by atoms with Gasteiger partial charge in [-0.05, 0) is 71.2 Å². The Morgan fingerprint density at radius 1 is 0.588 bits per heavy atom. The zero-order chi connectivity index (χ0) is 24.5. The molecule has 0 heterocycles. The molecule has 0 radical (unpaired) electrons. The molecule has 0 aliphatic carbocycles. The largest absolute Gasteiger partial charge is 0.457 e. The van der Waals surface area contributed by atoms with Crippen LogP contribution in [0.15, 0.2) is 72.8 Å². The Balaban J connectivity index is 1.49. The average molecular weight is 459 g/mol. The van der Waals surface area contributed by atoms with E-state index in [1.807, 2.05) is 24.3 Å². The summed E-state index contributed by atoms with van der Waals surface area (Å²) in [6.07, 6.45) is 2.17. The molecule has 178 valence electrons. The molecule has 0 aliphatic rings. The van der Waals surface area contributed by atoms with E-state index in [1.165, 1.54) is 11.1 Å². The maximum atomic E-state index is 12.4. The molecule has 0 aromatic heterocycles. The minimum absolute atomic E-state index is 0.208. The van der Waals surface area contributed by atoms with Gasteiger partial charge in [0.05, 0.1) is 11.1 Å². The molecule has 4 nitrogen and oxygen atoms in total. The normalized spacial score (nSPS) is 12.6. The standard InChI is InChI=1S/C30H34O4/c1-5-21(3)25-11-7-23(8-12-25)19-33-29(31)27-15-17-28(18-16-27)30(32)34-20-24-9-13-26(14-10-24)22(4)6-2/h7-18,21-22H,5-6,19-20H2,1-4H3. The Hall–Kier alpha value is -3.40. The maximum Gasteiger partial charge on any atom is 0.338 e. The highest BCUT2D eigenvalue weighted by Gasteiger charge is 2.12. The number of hydrogen-bond donors (Lipinski definition) is 0. The zero-order valence-corrected chi connectivity index (χ0v) is 20.5. The molecule has 3 aromatic rings. The van der Waals surface area contributed by atoms with Crippen molar-refractivity contribution in [3.05, 3.63) is 106 Å². The Morgan fingerprint density at radius 3 is 1.21 bits per heavy atom. The van der Waals surface area contributed by atoms with Crippen molar-refractivity contribution >= 4 is 11.9 Å². The summed E-state index contributed by atoms with van der Waals surface area (Å²) < 4.78 is 10.9. The van der Waals surface area contributed by atoms with Crippen LogP contribution in [0.25, 0.3) is 0 Å². The number of carbonyl (C=O) groups is 2. The number of carbonyl (C=O) groups excluding carboxylic acids is 2. The summed E-state index contributed by atoms with van der Waals surface area (Å²) in [6.45, 7) is 9.13. The zero-order valence-electron chi connectivity index (χ0n) is 20.5. The van der Waals surface area contributed by atoms with E-state index < -0.39 is 11.9 Å². The highest BCUT2D eigenvalue weighted by molar-refractivity contribution is 5.93. The minimum atomic E-state index is -0.424. The Kier molecular flexibility index (Phi) is 9.03. The van der Waals surface area contributed by atoms with E-state index in [2.05, 4.69) is 52.0 Å². The van der Waals surface area contributed by atoms with Crippen LogP contribution in [0.3, 0.4) is 0 Å². The van der Waals surface area contributed by atoms with Gasteiger partial charge in [0.2, 0.25) is 0 Å². The molecule has 2 atom stereocenters. The highest BCUT2D eigenvalue weighted by atomic mass is 16.5. The Labute approximate surface area is 202 Å². The summed E-state index contributed by atoms with van der Waals surface area (Å²) in [5, 5.41) is 0. The van der Waals surface area contributed by atoms with Gasteiger partial charge in [-0.15, -0.1) is 0 Å². The Morgan fingerprint density at radius 2 is 0.912 bits per heavy atom. The van der Waals surface area contributed by atoms with E-state index in [-0.39, 0.29) is 13.2 Å². The molecule has 0 N–H and O–H groups in total. The monoisotopic (exact) mass is 458 g/mol. The van der Waals surface area contributed by atoms with Crippen LogP contribution in [-0.2, 0) is 22.7 Å². The van der Waals surface area contributed by atoms with Crippen molar-refractivity contribution in [3.8, 4) is 0 Å². The molecular formula is C30H34O4. The molecule has 2 unspecified atom stereocenters. The van der Waals surface area contributed by atoms with Crippen LogP contribution in [0.1, 0.15) is 95.3 Å². The fourth-order valence-electron chi connectivity index (χ4n) is 3.56. The van der Waals surface area contributed by atoms with E-state index in [0.29, 0.717) is 23.0 Å². The van der Waals surface area contributed by atoms with Gasteiger partial charge in [-0.25, -0.2) is 9.59 Å². The van der Waals surface area contributed by atoms with Crippen LogP contribution in [0.4, 0.5) is 0 Å². The minimum Gasteiger partial charge on any atom is -0.457 e. The number of benzene rings is 3. The SMILES string of the molecule is CCC(C)c1ccc(COC(=O)c2ccc(C(=O)OCc3ccc(C(C)CC)cc3)cc2)cc1. The van der Waals surface area contributed by atoms with E-state index in [1.54, 1.807) is 24.3 Å². The first kappa shape index (κ1) is 25.2. The third-order valence-corrected chi connectivity index (χ3v) is 6.42. The van der Waals surface area contributed by atoms with Crippen LogP contribution >= 0.6 is 0 Å². The first-order chi connectivity index (χ1) is 16.4. The van der Waals surface area contributed by atoms with E-state index in [0.717, 1.165) is 24.0 Å². The van der Waals surface area contributed by atoms with Gasteiger partial charge in [0, 0.05) is 0 Å². The predicted octanol–water partition coefficient (Wildman–Crippen LogP) is 7.43. The summed E-state index contributed by atoms with van der Waals surface area (Å²) in [7, 11) is 0. The number of hydrogen-bond acceptors (Lipinski definition) is 4. The lowest BCUT2D eigenvalue weighted by molar-refractivity contribution is 0.0458. The van der Waals surface area contributed by atoms with Gasteiger partial charge in [-0.1, -0.05) is 76.2 Å². The molecule has 0 amide bonds. The second-order valence-corrected chi connectivity index (χ2v) is 8.83. The number of rotatable bonds is 10. The second kappa shape index (κ2) is 12.2. The molecule has 0 saturated carbocycles. The van der Waals surface area contributed by atoms with E-state index in [4.69, 9.17) is 9.47 Å². The van der Waals surface area contributed by atoms with Gasteiger partial charge < -0.3 is 9.47 Å². The quantitative estimate of drug-likeness (QED) is 0.297. The molecule has 0 fully saturated rings. The van der Waals surface area contributed by atoms with Crippen molar-refractivity contribution in [3.63, 3.8) is 0 Å². The van der Waals surface area contributed by atoms with Crippen LogP contribution in [-0.4, -0.2) is 11.9 Å². The van der Waals surface area contributed by atoms with Crippen molar-refractivity contribution in [2.45, 2.75) is 65.6 Å². The fraction of sp³-hybridized carbons (Fsp3) is 0.333. The van der Waals surface area contributed by atoms with Gasteiger partial charge in [0.1, 0.15) is 13.2 Å². The molecular weight excluding hydrogens is 424 g/mol. The van der Waals surface area contributed by atoms with Gasteiger partial charge in [-0.2, -0.15) is 0 Å². The summed E-state index contributed by atoms with van der Waals surface area (Å²) in [4.78, 5) is 24.8. The van der Waals surface area contributed by atoms with Crippen LogP contribution in [0, 0.1) is 0 Å². The molecule has 4 heteroatoms. The molecule has 3 aromatic carbocycles. The second-order valence-electron chi connectivity index (χ2n) is 8.83. The lowest BCUT2D eigenvalue weighted by Gasteiger charge is -2.11. The molecule has 34 heavy (non-hydrogen) atoms. The highest BCUT2D eigenvalue weighted by Crippen LogP contribution is 2.20. The summed E-state index contributed by atoms with van der Waals surface area (Å²) >= 11 is 0. The summed E-state index contributed by atoms with van der Waals surface area (Å²) in [6, 6.07) is 22.6. The maximum absolute atomic E-state index is 12.4. The van der Waals surface area contributed by atoms with Gasteiger partial charge in [0.15, 0.2) is 0 Å². The van der Waals surface area contributed by atoms with Gasteiger partial charge in [0.25, 0.3) is 0 Å². The number of ether oxygens (including phenoxy) is 2. The topological polar surface area (TPSA) is 52.6 Å².